The zero-order chi connectivity index (χ0) is 36.4. The number of benzene rings is 2. The fraction of sp³-hybridized carbons (Fsp3) is 0.474. The summed E-state index contributed by atoms with van der Waals surface area (Å²) in [5.41, 5.74) is -0.522. The topological polar surface area (TPSA) is 135 Å². The zero-order valence-electron chi connectivity index (χ0n) is 28.7. The lowest BCUT2D eigenvalue weighted by atomic mass is 9.74. The van der Waals surface area contributed by atoms with Crippen LogP contribution in [0.2, 0.25) is 5.02 Å². The van der Waals surface area contributed by atoms with E-state index in [4.69, 9.17) is 25.8 Å². The van der Waals surface area contributed by atoms with Crippen molar-refractivity contribution in [3.63, 3.8) is 0 Å². The summed E-state index contributed by atoms with van der Waals surface area (Å²) >= 11 is 10.3. The number of fused-ring (bicyclic) bond motifs is 2. The van der Waals surface area contributed by atoms with Crippen LogP contribution in [0.5, 0.6) is 0 Å². The number of allylic oxidation sites excluding steroid dienone is 1. The fourth-order valence-electron chi connectivity index (χ4n) is 7.95. The minimum Gasteiger partial charge on any atom is -0.455 e. The predicted molar refractivity (Wildman–Crippen MR) is 194 cm³/mol. The van der Waals surface area contributed by atoms with E-state index < -0.39 is 72.2 Å². The number of aliphatic hydroxyl groups excluding tert-OH is 1. The first-order valence-corrected chi connectivity index (χ1v) is 18.4. The number of nitrogens with zero attached hydrogens (tertiary/aromatic N) is 2. The number of ether oxygens (including phenoxy) is 3. The van der Waals surface area contributed by atoms with Gasteiger partial charge in [0.05, 0.1) is 41.9 Å². The summed E-state index contributed by atoms with van der Waals surface area (Å²) < 4.78 is 19.0. The molecule has 1 spiro atoms. The van der Waals surface area contributed by atoms with Crippen molar-refractivity contribution in [2.45, 2.75) is 69.0 Å². The SMILES string of the molecule is COC[C@@H]1NC(=O)CC/C=C\CN(c2ccccc2Cl)C(=O)[C@H]2N([C@@H](CO)CC(C)C)C(=O)[C@@H]3[C@@H](C(=O)O[C@H]1c1ccccc1)[C@@H]1O[C@@]32C=C1Br. The molecule has 8 atom stereocenters. The van der Waals surface area contributed by atoms with Crippen molar-refractivity contribution in [1.82, 2.24) is 10.2 Å². The van der Waals surface area contributed by atoms with Crippen molar-refractivity contribution in [2.75, 3.05) is 31.8 Å². The largest absolute Gasteiger partial charge is 0.455 e. The van der Waals surface area contributed by atoms with E-state index in [0.29, 0.717) is 33.6 Å². The highest BCUT2D eigenvalue weighted by molar-refractivity contribution is 9.11. The lowest BCUT2D eigenvalue weighted by Crippen LogP contribution is -2.59. The number of hydrogen-bond donors (Lipinski definition) is 2. The molecule has 5 bridgehead atoms. The zero-order valence-corrected chi connectivity index (χ0v) is 31.1. The van der Waals surface area contributed by atoms with E-state index in [1.165, 1.54) is 16.9 Å². The molecular formula is C38H43BrClN3O8. The lowest BCUT2D eigenvalue weighted by Gasteiger charge is -2.39. The molecule has 2 N–H and O–H groups in total. The van der Waals surface area contributed by atoms with Crippen LogP contribution in [0.25, 0.3) is 0 Å². The van der Waals surface area contributed by atoms with Gasteiger partial charge in [0.2, 0.25) is 11.8 Å². The Balaban J connectivity index is 1.52. The molecular weight excluding hydrogens is 742 g/mol. The number of anilines is 1. The first-order chi connectivity index (χ1) is 24.5. The van der Waals surface area contributed by atoms with Gasteiger partial charge in [-0.1, -0.05) is 96.0 Å². The second-order valence-electron chi connectivity index (χ2n) is 13.8. The molecule has 0 unspecified atom stereocenters. The van der Waals surface area contributed by atoms with E-state index in [1.807, 2.05) is 26.0 Å². The van der Waals surface area contributed by atoms with E-state index in [2.05, 4.69) is 21.2 Å². The molecule has 2 fully saturated rings. The van der Waals surface area contributed by atoms with Crippen molar-refractivity contribution >= 4 is 56.9 Å². The molecule has 13 heteroatoms. The molecule has 4 aliphatic rings. The average Bonchev–Trinajstić information content (AvgIpc) is 3.70. The molecule has 0 aliphatic carbocycles. The van der Waals surface area contributed by atoms with Crippen molar-refractivity contribution < 1.29 is 38.5 Å². The van der Waals surface area contributed by atoms with Gasteiger partial charge in [0.15, 0.2) is 0 Å². The van der Waals surface area contributed by atoms with Crippen LogP contribution in [-0.4, -0.2) is 90.4 Å². The van der Waals surface area contributed by atoms with Crippen LogP contribution in [0.15, 0.2) is 77.3 Å². The Bertz CT molecular complexity index is 1700. The molecule has 2 saturated heterocycles. The second-order valence-corrected chi connectivity index (χ2v) is 15.2. The van der Waals surface area contributed by atoms with E-state index in [0.717, 1.165) is 0 Å². The van der Waals surface area contributed by atoms with Gasteiger partial charge in [0.1, 0.15) is 29.8 Å². The van der Waals surface area contributed by atoms with Crippen LogP contribution >= 0.6 is 27.5 Å². The third-order valence-electron chi connectivity index (χ3n) is 10.0. The predicted octanol–water partition coefficient (Wildman–Crippen LogP) is 4.72. The van der Waals surface area contributed by atoms with Crippen molar-refractivity contribution in [1.29, 1.82) is 0 Å². The Kier molecular flexibility index (Phi) is 11.4. The number of methoxy groups -OCH3 is 1. The summed E-state index contributed by atoms with van der Waals surface area (Å²) in [5.74, 6) is -4.19. The van der Waals surface area contributed by atoms with Gasteiger partial charge in [-0.3, -0.25) is 19.2 Å². The summed E-state index contributed by atoms with van der Waals surface area (Å²) in [6.45, 7) is 3.66. The van der Waals surface area contributed by atoms with Gasteiger partial charge in [0, 0.05) is 24.6 Å². The van der Waals surface area contributed by atoms with Crippen LogP contribution < -0.4 is 10.2 Å². The van der Waals surface area contributed by atoms with Gasteiger partial charge in [-0.25, -0.2) is 0 Å². The molecule has 0 radical (unpaired) electrons. The van der Waals surface area contributed by atoms with Crippen LogP contribution in [-0.2, 0) is 33.4 Å². The van der Waals surface area contributed by atoms with Crippen molar-refractivity contribution in [3.05, 3.63) is 87.9 Å². The molecule has 4 aliphatic heterocycles. The Hall–Kier alpha value is -3.55. The Labute approximate surface area is 311 Å². The van der Waals surface area contributed by atoms with E-state index in [1.54, 1.807) is 60.7 Å². The highest BCUT2D eigenvalue weighted by Gasteiger charge is 2.75. The van der Waals surface area contributed by atoms with E-state index in [-0.39, 0.29) is 31.4 Å². The van der Waals surface area contributed by atoms with Crippen LogP contribution in [0.3, 0.4) is 0 Å². The van der Waals surface area contributed by atoms with Crippen LogP contribution in [0, 0.1) is 17.8 Å². The summed E-state index contributed by atoms with van der Waals surface area (Å²) in [4.78, 5) is 60.8. The number of aliphatic hydroxyl groups is 1. The number of esters is 1. The normalized spacial score (nSPS) is 31.0. The Morgan fingerprint density at radius 3 is 2.45 bits per heavy atom. The molecule has 2 aromatic carbocycles. The van der Waals surface area contributed by atoms with Gasteiger partial charge < -0.3 is 34.4 Å². The Morgan fingerprint density at radius 2 is 1.76 bits per heavy atom. The molecule has 0 saturated carbocycles. The van der Waals surface area contributed by atoms with Gasteiger partial charge >= 0.3 is 5.97 Å². The second kappa shape index (κ2) is 15.6. The van der Waals surface area contributed by atoms with Gasteiger partial charge in [-0.2, -0.15) is 0 Å². The summed E-state index contributed by atoms with van der Waals surface area (Å²) in [6.07, 6.45) is 4.33. The van der Waals surface area contributed by atoms with Gasteiger partial charge in [-0.05, 0) is 42.5 Å². The maximum atomic E-state index is 15.2. The number of carbonyl (C=O) groups is 4. The molecule has 0 aromatic heterocycles. The average molecular weight is 785 g/mol. The maximum absolute atomic E-state index is 15.2. The molecule has 2 aromatic rings. The number of para-hydroxylation sites is 1. The minimum absolute atomic E-state index is 0.0411. The van der Waals surface area contributed by atoms with E-state index in [9.17, 15) is 19.5 Å². The van der Waals surface area contributed by atoms with E-state index >= 15 is 4.79 Å². The highest BCUT2D eigenvalue weighted by atomic mass is 79.9. The summed E-state index contributed by atoms with van der Waals surface area (Å²) in [7, 11) is 1.50. The van der Waals surface area contributed by atoms with Crippen molar-refractivity contribution in [2.24, 2.45) is 17.8 Å². The standard InChI is InChI=1S/C38H43BrClN3O8/c1-22(2)18-24(20-44)43-34-36(47)42(28-15-10-9-14-26(28)40)17-11-5-8-16-29(45)41-27(21-49-3)32(23-12-6-4-7-13-23)50-37(48)30-31(35(43)46)38(34)19-25(39)33(30)51-38/h4-7,9-15,19,22,24,27,30-34,44H,8,16-18,20-21H2,1-3H3,(H,41,45)/b11-5-/t24-,27+,30-,31+,32+,33-,34-,38+/m1/s1. The monoisotopic (exact) mass is 783 g/mol. The van der Waals surface area contributed by atoms with Gasteiger partial charge in [0.25, 0.3) is 5.91 Å². The molecule has 3 amide bonds. The smallest absolute Gasteiger partial charge is 0.313 e. The number of carbonyl (C=O) groups excluding carboxylic acids is 4. The van der Waals surface area contributed by atoms with Crippen molar-refractivity contribution in [3.8, 4) is 0 Å². The Morgan fingerprint density at radius 1 is 1.04 bits per heavy atom. The first kappa shape index (κ1) is 37.2. The highest BCUT2D eigenvalue weighted by Crippen LogP contribution is 2.59. The minimum atomic E-state index is -1.56. The number of rotatable bonds is 8. The van der Waals surface area contributed by atoms with Gasteiger partial charge in [-0.15, -0.1) is 0 Å². The number of halogens is 2. The summed E-state index contributed by atoms with van der Waals surface area (Å²) in [6, 6.07) is 13.2. The first-order valence-electron chi connectivity index (χ1n) is 17.3. The van der Waals surface area contributed by atoms with Crippen LogP contribution in [0.4, 0.5) is 5.69 Å². The molecule has 11 nitrogen and oxygen atoms in total. The number of cyclic esters (lactones) is 1. The lowest BCUT2D eigenvalue weighted by molar-refractivity contribution is -0.162. The third kappa shape index (κ3) is 7.01. The third-order valence-corrected chi connectivity index (χ3v) is 11.0. The number of amides is 3. The summed E-state index contributed by atoms with van der Waals surface area (Å²) in [5, 5.41) is 14.1. The number of nitrogens with one attached hydrogen (secondary N) is 1. The number of hydrogen-bond acceptors (Lipinski definition) is 8. The quantitative estimate of drug-likeness (QED) is 0.291. The molecule has 6 rings (SSSR count). The molecule has 272 valence electrons. The fourth-order valence-corrected chi connectivity index (χ4v) is 8.92. The molecule has 51 heavy (non-hydrogen) atoms. The maximum Gasteiger partial charge on any atom is 0.313 e. The number of likely N-dealkylation sites (tertiary alicyclic amines) is 1. The van der Waals surface area contributed by atoms with Crippen LogP contribution in [0.1, 0.15) is 44.8 Å². The molecule has 4 heterocycles.